The van der Waals surface area contributed by atoms with Crippen molar-refractivity contribution in [1.82, 2.24) is 19.1 Å². The molecule has 4 heterocycles. The highest BCUT2D eigenvalue weighted by atomic mass is 16.3. The largest absolute Gasteiger partial charge is 0.387 e. The Bertz CT molecular complexity index is 1270. The van der Waals surface area contributed by atoms with E-state index in [1.165, 1.54) is 22.3 Å². The van der Waals surface area contributed by atoms with Gasteiger partial charge in [-0.15, -0.1) is 0 Å². The number of benzene rings is 2. The minimum Gasteiger partial charge on any atom is -0.387 e. The van der Waals surface area contributed by atoms with E-state index in [-0.39, 0.29) is 12.1 Å². The summed E-state index contributed by atoms with van der Waals surface area (Å²) in [5, 5.41) is 21.3. The summed E-state index contributed by atoms with van der Waals surface area (Å²) >= 11 is 0. The molecule has 2 saturated carbocycles. The van der Waals surface area contributed by atoms with E-state index < -0.39 is 11.2 Å². The van der Waals surface area contributed by atoms with Crippen molar-refractivity contribution in [2.45, 2.75) is 61.8 Å². The van der Waals surface area contributed by atoms with E-state index in [1.54, 1.807) is 0 Å². The van der Waals surface area contributed by atoms with E-state index in [9.17, 15) is 10.2 Å². The Hall–Kier alpha value is -3.22. The third-order valence-electron chi connectivity index (χ3n) is 8.41. The van der Waals surface area contributed by atoms with Gasteiger partial charge in [-0.25, -0.2) is 9.97 Å². The molecule has 34 heavy (non-hydrogen) atoms. The summed E-state index contributed by atoms with van der Waals surface area (Å²) in [6.07, 6.45) is 13.3. The van der Waals surface area contributed by atoms with Crippen LogP contribution < -0.4 is 0 Å². The Morgan fingerprint density at radius 3 is 1.44 bits per heavy atom. The van der Waals surface area contributed by atoms with Crippen molar-refractivity contribution in [2.75, 3.05) is 0 Å². The maximum absolute atomic E-state index is 10.7. The predicted molar refractivity (Wildman–Crippen MR) is 129 cm³/mol. The zero-order valence-electron chi connectivity index (χ0n) is 19.0. The van der Waals surface area contributed by atoms with Crippen LogP contribution in [-0.4, -0.2) is 40.5 Å². The molecule has 0 radical (unpaired) electrons. The average Bonchev–Trinajstić information content (AvgIpc) is 3.57. The molecular formula is C28H28N4O2. The summed E-state index contributed by atoms with van der Waals surface area (Å²) in [4.78, 5) is 8.43. The molecule has 0 unspecified atom stereocenters. The first-order valence-corrected chi connectivity index (χ1v) is 12.3. The summed E-state index contributed by atoms with van der Waals surface area (Å²) in [6.45, 7) is 0. The molecule has 4 aliphatic rings. The number of nitrogens with zero attached hydrogens (tertiary/aromatic N) is 4. The van der Waals surface area contributed by atoms with Crippen LogP contribution >= 0.6 is 0 Å². The molecule has 2 aromatic carbocycles. The fourth-order valence-electron chi connectivity index (χ4n) is 6.40. The predicted octanol–water partition coefficient (Wildman–Crippen LogP) is 4.74. The molecule has 0 bridgehead atoms. The smallest absolute Gasteiger partial charge is 0.0957 e. The highest BCUT2D eigenvalue weighted by Gasteiger charge is 2.49. The van der Waals surface area contributed by atoms with Gasteiger partial charge in [-0.3, -0.25) is 0 Å². The molecule has 172 valence electrons. The van der Waals surface area contributed by atoms with Crippen LogP contribution in [0.15, 0.2) is 73.6 Å². The van der Waals surface area contributed by atoms with Gasteiger partial charge in [-0.1, -0.05) is 48.5 Å². The van der Waals surface area contributed by atoms with E-state index >= 15 is 0 Å². The normalized spacial score (nSPS) is 23.9. The molecule has 2 aliphatic heterocycles. The van der Waals surface area contributed by atoms with Crippen LogP contribution in [0.4, 0.5) is 0 Å². The minimum absolute atomic E-state index is 0.0601. The van der Waals surface area contributed by atoms with E-state index in [2.05, 4.69) is 43.4 Å². The minimum atomic E-state index is -0.567. The molecule has 8 rings (SSSR count). The molecule has 0 spiro atoms. The number of aliphatic hydroxyl groups is 2. The Morgan fingerprint density at radius 2 is 1.06 bits per heavy atom. The van der Waals surface area contributed by atoms with Crippen LogP contribution in [0.1, 0.15) is 61.7 Å². The lowest BCUT2D eigenvalue weighted by Gasteiger charge is -2.42. The molecule has 2 fully saturated rings. The fraction of sp³-hybridized carbons (Fsp3) is 0.357. The van der Waals surface area contributed by atoms with Crippen molar-refractivity contribution in [3.63, 3.8) is 0 Å². The van der Waals surface area contributed by atoms with Crippen molar-refractivity contribution in [3.8, 4) is 22.5 Å². The van der Waals surface area contributed by atoms with E-state index in [1.807, 2.05) is 49.3 Å². The molecule has 0 amide bonds. The van der Waals surface area contributed by atoms with Crippen molar-refractivity contribution < 1.29 is 10.2 Å². The van der Waals surface area contributed by atoms with Crippen LogP contribution in [0.5, 0.6) is 0 Å². The van der Waals surface area contributed by atoms with E-state index in [0.29, 0.717) is 0 Å². The molecule has 6 heteroatoms. The zero-order chi connectivity index (χ0) is 22.9. The molecule has 2 aliphatic carbocycles. The molecule has 0 saturated heterocycles. The number of hydrogen-bond acceptors (Lipinski definition) is 4. The lowest BCUT2D eigenvalue weighted by Crippen LogP contribution is -2.44. The monoisotopic (exact) mass is 452 g/mol. The van der Waals surface area contributed by atoms with Crippen LogP contribution in [0.3, 0.4) is 0 Å². The van der Waals surface area contributed by atoms with Gasteiger partial charge in [0.1, 0.15) is 0 Å². The third kappa shape index (κ3) is 2.70. The van der Waals surface area contributed by atoms with Crippen molar-refractivity contribution >= 4 is 0 Å². The Balaban J connectivity index is 0.000000118. The number of aromatic nitrogens is 4. The number of imidazole rings is 2. The van der Waals surface area contributed by atoms with Gasteiger partial charge in [0.2, 0.25) is 0 Å². The summed E-state index contributed by atoms with van der Waals surface area (Å²) < 4.78 is 4.26. The fourth-order valence-corrected chi connectivity index (χ4v) is 6.40. The molecule has 2 atom stereocenters. The van der Waals surface area contributed by atoms with Gasteiger partial charge in [0, 0.05) is 11.1 Å². The van der Waals surface area contributed by atoms with E-state index in [4.69, 9.17) is 0 Å². The number of hydrogen-bond donors (Lipinski definition) is 2. The Morgan fingerprint density at radius 1 is 0.647 bits per heavy atom. The van der Waals surface area contributed by atoms with Gasteiger partial charge in [0.05, 0.1) is 59.7 Å². The van der Waals surface area contributed by atoms with Crippen molar-refractivity contribution in [2.24, 2.45) is 0 Å². The zero-order valence-corrected chi connectivity index (χ0v) is 19.0. The average molecular weight is 453 g/mol. The molecule has 2 aromatic heterocycles. The van der Waals surface area contributed by atoms with Gasteiger partial charge >= 0.3 is 0 Å². The lowest BCUT2D eigenvalue weighted by molar-refractivity contribution is -0.0635. The SMILES string of the molecule is OC1([C@@H]2c3ccccc3-c3cncn32)CCC1.OC1([C@H]2c3ccccc3-c3cncn32)CCC1. The van der Waals surface area contributed by atoms with Crippen LogP contribution in [-0.2, 0) is 0 Å². The first-order valence-electron chi connectivity index (χ1n) is 12.3. The second kappa shape index (κ2) is 7.14. The highest BCUT2D eigenvalue weighted by molar-refractivity contribution is 5.70. The van der Waals surface area contributed by atoms with Gasteiger partial charge in [0.25, 0.3) is 0 Å². The third-order valence-corrected chi connectivity index (χ3v) is 8.41. The molecular weight excluding hydrogens is 424 g/mol. The molecule has 6 nitrogen and oxygen atoms in total. The van der Waals surface area contributed by atoms with Crippen molar-refractivity contribution in [1.29, 1.82) is 0 Å². The second-order valence-electron chi connectivity index (χ2n) is 10.3. The first kappa shape index (κ1) is 20.2. The second-order valence-corrected chi connectivity index (χ2v) is 10.3. The van der Waals surface area contributed by atoms with Gasteiger partial charge in [0.15, 0.2) is 0 Å². The molecule has 4 aromatic rings. The van der Waals surface area contributed by atoms with Gasteiger partial charge in [-0.2, -0.15) is 0 Å². The lowest BCUT2D eigenvalue weighted by atomic mass is 9.72. The van der Waals surface area contributed by atoms with Gasteiger partial charge < -0.3 is 19.3 Å². The summed E-state index contributed by atoms with van der Waals surface area (Å²) in [6, 6.07) is 16.8. The summed E-state index contributed by atoms with van der Waals surface area (Å²) in [7, 11) is 0. The molecule has 2 N–H and O–H groups in total. The summed E-state index contributed by atoms with van der Waals surface area (Å²) in [5.41, 5.74) is 6.05. The highest BCUT2D eigenvalue weighted by Crippen LogP contribution is 2.52. The maximum atomic E-state index is 10.7. The number of rotatable bonds is 2. The van der Waals surface area contributed by atoms with Crippen LogP contribution in [0, 0.1) is 0 Å². The summed E-state index contributed by atoms with van der Waals surface area (Å²) in [5.74, 6) is 0. The first-order chi connectivity index (χ1) is 16.6. The number of fused-ring (bicyclic) bond motifs is 6. The maximum Gasteiger partial charge on any atom is 0.0957 e. The Kier molecular flexibility index (Phi) is 4.24. The standard InChI is InChI=1S/2C14H14N2O/c2*17-14(6-3-7-14)13-11-5-2-1-4-10(11)12-8-15-9-16(12)13/h2*1-2,4-5,8-9,13,17H,3,6-7H2/t2*13-/m10/s1. The topological polar surface area (TPSA) is 76.1 Å². The van der Waals surface area contributed by atoms with Crippen molar-refractivity contribution in [3.05, 3.63) is 84.7 Å². The quantitative estimate of drug-likeness (QED) is 0.461. The van der Waals surface area contributed by atoms with Crippen LogP contribution in [0.2, 0.25) is 0 Å². The van der Waals surface area contributed by atoms with Gasteiger partial charge in [-0.05, 0) is 49.7 Å². The van der Waals surface area contributed by atoms with E-state index in [0.717, 1.165) is 49.9 Å². The van der Waals surface area contributed by atoms with Crippen LogP contribution in [0.25, 0.3) is 22.5 Å². The Labute approximate surface area is 198 Å².